The summed E-state index contributed by atoms with van der Waals surface area (Å²) < 4.78 is 6.45. The fourth-order valence-electron chi connectivity index (χ4n) is 2.64. The van der Waals surface area contributed by atoms with E-state index in [1.165, 1.54) is 18.7 Å². The zero-order valence-electron chi connectivity index (χ0n) is 12.6. The van der Waals surface area contributed by atoms with E-state index in [1.807, 2.05) is 0 Å². The van der Waals surface area contributed by atoms with Gasteiger partial charge >= 0.3 is 5.97 Å². The first kappa shape index (κ1) is 14.8. The van der Waals surface area contributed by atoms with Gasteiger partial charge < -0.3 is 9.84 Å². The van der Waals surface area contributed by atoms with Crippen molar-refractivity contribution < 1.29 is 14.6 Å². The van der Waals surface area contributed by atoms with Gasteiger partial charge in [0.05, 0.1) is 7.11 Å². The molecule has 0 atom stereocenters. The molecule has 0 saturated carbocycles. The highest BCUT2D eigenvalue weighted by atomic mass is 16.5. The largest absolute Gasteiger partial charge is 0.497 e. The zero-order chi connectivity index (χ0) is 16.6. The van der Waals surface area contributed by atoms with Crippen molar-refractivity contribution in [2.45, 2.75) is 0 Å². The number of pyridine rings is 2. The summed E-state index contributed by atoms with van der Waals surface area (Å²) in [6.07, 6.45) is 1.57. The van der Waals surface area contributed by atoms with Crippen molar-refractivity contribution in [1.29, 1.82) is 0 Å². The maximum absolute atomic E-state index is 12.5. The smallest absolute Gasteiger partial charge is 0.342 e. The topological polar surface area (TPSA) is 81.4 Å². The molecule has 0 fully saturated rings. The van der Waals surface area contributed by atoms with Crippen molar-refractivity contribution in [3.05, 3.63) is 58.5 Å². The van der Waals surface area contributed by atoms with Crippen molar-refractivity contribution in [3.63, 3.8) is 0 Å². The number of rotatable bonds is 3. The van der Waals surface area contributed by atoms with Gasteiger partial charge in [-0.2, -0.15) is 0 Å². The first-order valence-corrected chi connectivity index (χ1v) is 6.90. The lowest BCUT2D eigenvalue weighted by Gasteiger charge is -2.13. The molecule has 0 spiro atoms. The minimum Gasteiger partial charge on any atom is -0.497 e. The van der Waals surface area contributed by atoms with Crippen LogP contribution in [0.25, 0.3) is 22.2 Å². The maximum Gasteiger partial charge on any atom is 0.342 e. The molecule has 3 aromatic rings. The lowest BCUT2D eigenvalue weighted by atomic mass is 9.97. The Morgan fingerprint density at radius 2 is 2.04 bits per heavy atom. The molecule has 0 aliphatic rings. The Hall–Kier alpha value is -3.15. The molecule has 0 radical (unpaired) electrons. The molecule has 0 amide bonds. The second kappa shape index (κ2) is 5.57. The molecule has 3 rings (SSSR count). The van der Waals surface area contributed by atoms with Crippen LogP contribution in [0.3, 0.4) is 0 Å². The van der Waals surface area contributed by atoms with E-state index in [4.69, 9.17) is 4.74 Å². The molecular formula is C17H14N2O4. The van der Waals surface area contributed by atoms with Crippen LogP contribution in [-0.4, -0.2) is 27.7 Å². The SMILES string of the molecule is COc1cccc(-c2c(C(=O)O)c(=O)n(C)c3ncccc23)c1. The summed E-state index contributed by atoms with van der Waals surface area (Å²) in [4.78, 5) is 28.4. The second-order valence-corrected chi connectivity index (χ2v) is 5.03. The summed E-state index contributed by atoms with van der Waals surface area (Å²) in [6.45, 7) is 0. The molecular weight excluding hydrogens is 296 g/mol. The number of benzene rings is 1. The molecule has 0 aliphatic carbocycles. The van der Waals surface area contributed by atoms with E-state index < -0.39 is 11.5 Å². The van der Waals surface area contributed by atoms with Gasteiger partial charge in [0.1, 0.15) is 17.0 Å². The molecule has 0 saturated heterocycles. The summed E-state index contributed by atoms with van der Waals surface area (Å²) in [6, 6.07) is 10.4. The molecule has 0 unspecified atom stereocenters. The van der Waals surface area contributed by atoms with Crippen LogP contribution < -0.4 is 10.3 Å². The van der Waals surface area contributed by atoms with Crippen LogP contribution in [0.1, 0.15) is 10.4 Å². The zero-order valence-corrected chi connectivity index (χ0v) is 12.6. The molecule has 0 aliphatic heterocycles. The third kappa shape index (κ3) is 2.34. The Bertz CT molecular complexity index is 976. The van der Waals surface area contributed by atoms with Gasteiger partial charge in [0.15, 0.2) is 0 Å². The number of carboxylic acid groups (broad SMARTS) is 1. The number of ether oxygens (including phenoxy) is 1. The van der Waals surface area contributed by atoms with Crippen LogP contribution in [0.5, 0.6) is 5.75 Å². The molecule has 6 nitrogen and oxygen atoms in total. The van der Waals surface area contributed by atoms with Gasteiger partial charge in [0, 0.05) is 24.2 Å². The molecule has 1 aromatic carbocycles. The van der Waals surface area contributed by atoms with E-state index in [-0.39, 0.29) is 5.56 Å². The van der Waals surface area contributed by atoms with Crippen LogP contribution in [-0.2, 0) is 7.05 Å². The van der Waals surface area contributed by atoms with Crippen molar-refractivity contribution in [2.24, 2.45) is 7.05 Å². The standard InChI is InChI=1S/C17H14N2O4/c1-19-15-12(7-4-8-18-15)13(14(16(19)20)17(21)22)10-5-3-6-11(9-10)23-2/h3-9H,1-2H3,(H,21,22). The molecule has 1 N–H and O–H groups in total. The average Bonchev–Trinajstić information content (AvgIpc) is 2.57. The Morgan fingerprint density at radius 1 is 1.26 bits per heavy atom. The van der Waals surface area contributed by atoms with E-state index in [2.05, 4.69) is 4.98 Å². The maximum atomic E-state index is 12.5. The molecule has 23 heavy (non-hydrogen) atoms. The first-order valence-electron chi connectivity index (χ1n) is 6.90. The summed E-state index contributed by atoms with van der Waals surface area (Å²) in [5.41, 5.74) is 0.503. The van der Waals surface area contributed by atoms with Crippen LogP contribution in [0.15, 0.2) is 47.4 Å². The number of aromatic nitrogens is 2. The Kier molecular flexibility index (Phi) is 3.57. The van der Waals surface area contributed by atoms with Gasteiger partial charge in [-0.25, -0.2) is 9.78 Å². The minimum atomic E-state index is -1.27. The number of methoxy groups -OCH3 is 1. The van der Waals surface area contributed by atoms with E-state index in [0.717, 1.165) is 0 Å². The molecule has 116 valence electrons. The van der Waals surface area contributed by atoms with Gasteiger partial charge in [-0.1, -0.05) is 12.1 Å². The Balaban J connectivity index is 2.51. The number of hydrogen-bond acceptors (Lipinski definition) is 4. The van der Waals surface area contributed by atoms with Crippen molar-refractivity contribution in [3.8, 4) is 16.9 Å². The fraction of sp³-hybridized carbons (Fsp3) is 0.118. The summed E-state index contributed by atoms with van der Waals surface area (Å²) in [5, 5.41) is 10.2. The normalized spacial score (nSPS) is 10.7. The highest BCUT2D eigenvalue weighted by molar-refractivity contribution is 6.05. The highest BCUT2D eigenvalue weighted by Crippen LogP contribution is 2.31. The van der Waals surface area contributed by atoms with Gasteiger partial charge in [-0.15, -0.1) is 0 Å². The van der Waals surface area contributed by atoms with Gasteiger partial charge in [0.2, 0.25) is 0 Å². The van der Waals surface area contributed by atoms with Crippen LogP contribution >= 0.6 is 0 Å². The predicted octanol–water partition coefficient (Wildman–Crippen LogP) is 2.31. The Morgan fingerprint density at radius 3 is 2.74 bits per heavy atom. The van der Waals surface area contributed by atoms with Crippen LogP contribution in [0.4, 0.5) is 0 Å². The van der Waals surface area contributed by atoms with E-state index in [9.17, 15) is 14.7 Å². The number of aryl methyl sites for hydroxylation is 1. The predicted molar refractivity (Wildman–Crippen MR) is 85.9 cm³/mol. The number of carbonyl (C=O) groups is 1. The number of nitrogens with zero attached hydrogens (tertiary/aromatic N) is 2. The Labute approximate surface area is 131 Å². The summed E-state index contributed by atoms with van der Waals surface area (Å²) in [5.74, 6) is -0.689. The summed E-state index contributed by atoms with van der Waals surface area (Å²) in [7, 11) is 3.04. The molecule has 2 aromatic heterocycles. The van der Waals surface area contributed by atoms with Crippen LogP contribution in [0.2, 0.25) is 0 Å². The molecule has 6 heteroatoms. The van der Waals surface area contributed by atoms with Crippen molar-refractivity contribution >= 4 is 17.0 Å². The summed E-state index contributed by atoms with van der Waals surface area (Å²) >= 11 is 0. The van der Waals surface area contributed by atoms with Crippen LogP contribution in [0, 0.1) is 0 Å². The van der Waals surface area contributed by atoms with Crippen molar-refractivity contribution in [1.82, 2.24) is 9.55 Å². The first-order chi connectivity index (χ1) is 11.0. The number of fused-ring (bicyclic) bond motifs is 1. The lowest BCUT2D eigenvalue weighted by molar-refractivity contribution is 0.0695. The molecule has 2 heterocycles. The third-order valence-corrected chi connectivity index (χ3v) is 3.71. The van der Waals surface area contributed by atoms with Gasteiger partial charge in [-0.05, 0) is 29.8 Å². The lowest BCUT2D eigenvalue weighted by Crippen LogP contribution is -2.26. The number of hydrogen-bond donors (Lipinski definition) is 1. The van der Waals surface area contributed by atoms with E-state index in [1.54, 1.807) is 42.6 Å². The van der Waals surface area contributed by atoms with Gasteiger partial charge in [0.25, 0.3) is 5.56 Å². The molecule has 0 bridgehead atoms. The third-order valence-electron chi connectivity index (χ3n) is 3.71. The van der Waals surface area contributed by atoms with E-state index >= 15 is 0 Å². The highest BCUT2D eigenvalue weighted by Gasteiger charge is 2.22. The number of carboxylic acids is 1. The average molecular weight is 310 g/mol. The second-order valence-electron chi connectivity index (χ2n) is 5.03. The van der Waals surface area contributed by atoms with Gasteiger partial charge in [-0.3, -0.25) is 9.36 Å². The number of aromatic carboxylic acids is 1. The minimum absolute atomic E-state index is 0.277. The van der Waals surface area contributed by atoms with E-state index in [0.29, 0.717) is 27.9 Å². The fourth-order valence-corrected chi connectivity index (χ4v) is 2.64. The monoisotopic (exact) mass is 310 g/mol. The quantitative estimate of drug-likeness (QED) is 0.803. The van der Waals surface area contributed by atoms with Crippen molar-refractivity contribution in [2.75, 3.05) is 7.11 Å².